The fourth-order valence-electron chi connectivity index (χ4n) is 5.73. The van der Waals surface area contributed by atoms with Crippen molar-refractivity contribution in [3.63, 3.8) is 0 Å². The van der Waals surface area contributed by atoms with Gasteiger partial charge in [0.2, 0.25) is 0 Å². The Morgan fingerprint density at radius 2 is 1.88 bits per heavy atom. The number of aromatic nitrogens is 2. The third-order valence-electron chi connectivity index (χ3n) is 6.47. The number of rotatable bonds is 4. The molecule has 0 spiro atoms. The minimum atomic E-state index is -0.166. The second-order valence-electron chi connectivity index (χ2n) is 8.03. The van der Waals surface area contributed by atoms with Gasteiger partial charge in [0.1, 0.15) is 0 Å². The van der Waals surface area contributed by atoms with Gasteiger partial charge < -0.3 is 5.32 Å². The van der Waals surface area contributed by atoms with Crippen molar-refractivity contribution in [2.24, 2.45) is 23.2 Å². The van der Waals surface area contributed by atoms with Gasteiger partial charge in [-0.3, -0.25) is 4.79 Å². The van der Waals surface area contributed by atoms with Crippen LogP contribution in [-0.2, 0) is 0 Å². The molecule has 4 bridgehead atoms. The van der Waals surface area contributed by atoms with Crippen molar-refractivity contribution < 1.29 is 4.79 Å². The maximum Gasteiger partial charge on any atom is 0.271 e. The van der Waals surface area contributed by atoms with Crippen molar-refractivity contribution >= 4 is 29.3 Å². The zero-order valence-corrected chi connectivity index (χ0v) is 15.8. The molecule has 1 atom stereocenters. The van der Waals surface area contributed by atoms with Gasteiger partial charge in [0.15, 0.2) is 10.9 Å². The van der Waals surface area contributed by atoms with Crippen LogP contribution in [-0.4, -0.2) is 28.2 Å². The summed E-state index contributed by atoms with van der Waals surface area (Å²) < 4.78 is 0. The monoisotopic (exact) mass is 365 g/mol. The van der Waals surface area contributed by atoms with Gasteiger partial charge in [-0.05, 0) is 74.9 Å². The van der Waals surface area contributed by atoms with Crippen molar-refractivity contribution in [1.82, 2.24) is 15.3 Å². The molecule has 1 aromatic heterocycles. The molecule has 4 nitrogen and oxygen atoms in total. The van der Waals surface area contributed by atoms with Crippen molar-refractivity contribution in [1.29, 1.82) is 0 Å². The van der Waals surface area contributed by atoms with E-state index in [-0.39, 0.29) is 17.4 Å². The molecule has 4 saturated carbocycles. The molecule has 5 rings (SSSR count). The number of thioether (sulfide) groups is 1. The Morgan fingerprint density at radius 3 is 2.42 bits per heavy atom. The van der Waals surface area contributed by atoms with Crippen LogP contribution in [0.1, 0.15) is 55.9 Å². The molecule has 1 N–H and O–H groups in total. The summed E-state index contributed by atoms with van der Waals surface area (Å²) in [4.78, 5) is 21.2. The highest BCUT2D eigenvalue weighted by Gasteiger charge is 2.53. The quantitative estimate of drug-likeness (QED) is 0.642. The second-order valence-corrected chi connectivity index (χ2v) is 9.21. The lowest BCUT2D eigenvalue weighted by Gasteiger charge is -2.59. The van der Waals surface area contributed by atoms with Crippen LogP contribution in [0.15, 0.2) is 11.4 Å². The van der Waals surface area contributed by atoms with E-state index in [1.54, 1.807) is 0 Å². The van der Waals surface area contributed by atoms with Crippen LogP contribution >= 0.6 is 23.4 Å². The molecule has 4 aliphatic carbocycles. The van der Waals surface area contributed by atoms with Crippen molar-refractivity contribution in [2.45, 2.75) is 56.6 Å². The molecule has 1 amide bonds. The first-order valence-corrected chi connectivity index (χ1v) is 10.5. The van der Waals surface area contributed by atoms with Gasteiger partial charge in [-0.2, -0.15) is 0 Å². The Balaban J connectivity index is 1.52. The van der Waals surface area contributed by atoms with Gasteiger partial charge in [-0.15, -0.1) is 0 Å². The standard InChI is InChI=1S/C18H24ClN3OS/c1-10(18-6-11-3-12(7-18)5-13(4-11)8-18)21-16(23)15-14(19)9-20-17(22-15)24-2/h9-13H,3-8H2,1-2H3,(H,21,23). The zero-order valence-electron chi connectivity index (χ0n) is 14.2. The summed E-state index contributed by atoms with van der Waals surface area (Å²) in [5.74, 6) is 2.46. The first kappa shape index (κ1) is 16.6. The summed E-state index contributed by atoms with van der Waals surface area (Å²) in [6, 6.07) is 0.169. The Labute approximate surface area is 152 Å². The number of carbonyl (C=O) groups is 1. The average molecular weight is 366 g/mol. The first-order valence-electron chi connectivity index (χ1n) is 8.86. The topological polar surface area (TPSA) is 54.9 Å². The van der Waals surface area contributed by atoms with Crippen molar-refractivity contribution in [3.05, 3.63) is 16.9 Å². The highest BCUT2D eigenvalue weighted by Crippen LogP contribution is 2.61. The van der Waals surface area contributed by atoms with Crippen LogP contribution in [0.5, 0.6) is 0 Å². The molecular weight excluding hydrogens is 342 g/mol. The largest absolute Gasteiger partial charge is 0.348 e. The van der Waals surface area contributed by atoms with Crippen LogP contribution in [0.4, 0.5) is 0 Å². The van der Waals surface area contributed by atoms with E-state index in [1.807, 2.05) is 6.26 Å². The fraction of sp³-hybridized carbons (Fsp3) is 0.722. The fourth-order valence-corrected chi connectivity index (χ4v) is 6.25. The highest BCUT2D eigenvalue weighted by molar-refractivity contribution is 7.98. The normalized spacial score (nSPS) is 35.0. The van der Waals surface area contributed by atoms with Gasteiger partial charge in [0.05, 0.1) is 11.2 Å². The summed E-state index contributed by atoms with van der Waals surface area (Å²) in [5, 5.41) is 4.12. The van der Waals surface area contributed by atoms with Gasteiger partial charge in [-0.25, -0.2) is 9.97 Å². The van der Waals surface area contributed by atoms with E-state index in [4.69, 9.17) is 11.6 Å². The molecule has 6 heteroatoms. The maximum atomic E-state index is 12.7. The lowest BCUT2D eigenvalue weighted by molar-refractivity contribution is -0.0688. The summed E-state index contributed by atoms with van der Waals surface area (Å²) in [7, 11) is 0. The van der Waals surface area contributed by atoms with E-state index < -0.39 is 0 Å². The molecule has 130 valence electrons. The summed E-state index contributed by atoms with van der Waals surface area (Å²) in [5.41, 5.74) is 0.583. The van der Waals surface area contributed by atoms with Gasteiger partial charge >= 0.3 is 0 Å². The number of nitrogens with one attached hydrogen (secondary N) is 1. The Morgan fingerprint density at radius 1 is 1.29 bits per heavy atom. The van der Waals surface area contributed by atoms with Crippen molar-refractivity contribution in [2.75, 3.05) is 6.26 Å². The number of amides is 1. The van der Waals surface area contributed by atoms with E-state index in [9.17, 15) is 4.79 Å². The molecule has 4 aliphatic rings. The molecule has 4 fully saturated rings. The van der Waals surface area contributed by atoms with Gasteiger partial charge in [0, 0.05) is 6.04 Å². The van der Waals surface area contributed by atoms with E-state index in [0.717, 1.165) is 17.8 Å². The zero-order chi connectivity index (χ0) is 16.9. The maximum absolute atomic E-state index is 12.7. The van der Waals surface area contributed by atoms with Crippen LogP contribution < -0.4 is 5.32 Å². The van der Waals surface area contributed by atoms with E-state index in [0.29, 0.717) is 15.9 Å². The molecule has 1 unspecified atom stereocenters. The first-order chi connectivity index (χ1) is 11.5. The molecular formula is C18H24ClN3OS. The number of halogens is 1. The van der Waals surface area contributed by atoms with E-state index in [1.165, 1.54) is 56.5 Å². The highest BCUT2D eigenvalue weighted by atomic mass is 35.5. The lowest BCUT2D eigenvalue weighted by Crippen LogP contribution is -2.55. The van der Waals surface area contributed by atoms with Crippen LogP contribution in [0.3, 0.4) is 0 Å². The van der Waals surface area contributed by atoms with E-state index >= 15 is 0 Å². The molecule has 0 radical (unpaired) electrons. The molecule has 1 aromatic rings. The molecule has 24 heavy (non-hydrogen) atoms. The third-order valence-corrected chi connectivity index (χ3v) is 7.31. The van der Waals surface area contributed by atoms with Crippen LogP contribution in [0, 0.1) is 23.2 Å². The average Bonchev–Trinajstić information content (AvgIpc) is 2.54. The van der Waals surface area contributed by atoms with Gasteiger partial charge in [-0.1, -0.05) is 23.4 Å². The molecule has 0 aliphatic heterocycles. The minimum absolute atomic E-state index is 0.166. The smallest absolute Gasteiger partial charge is 0.271 e. The Hall–Kier alpha value is -0.810. The van der Waals surface area contributed by atoms with Crippen LogP contribution in [0.25, 0.3) is 0 Å². The minimum Gasteiger partial charge on any atom is -0.348 e. The second kappa shape index (κ2) is 6.17. The summed E-state index contributed by atoms with van der Waals surface area (Å²) in [6.45, 7) is 2.18. The SMILES string of the molecule is CSc1ncc(Cl)c(C(=O)NC(C)C23CC4CC(CC(C4)C2)C3)n1. The number of hydrogen-bond donors (Lipinski definition) is 1. The molecule has 0 saturated heterocycles. The lowest BCUT2D eigenvalue weighted by atomic mass is 9.48. The summed E-state index contributed by atoms with van der Waals surface area (Å²) in [6.07, 6.45) is 11.5. The van der Waals surface area contributed by atoms with Gasteiger partial charge in [0.25, 0.3) is 5.91 Å². The van der Waals surface area contributed by atoms with Crippen molar-refractivity contribution in [3.8, 4) is 0 Å². The van der Waals surface area contributed by atoms with Crippen LogP contribution in [0.2, 0.25) is 5.02 Å². The predicted molar refractivity (Wildman–Crippen MR) is 96.4 cm³/mol. The third kappa shape index (κ3) is 2.84. The predicted octanol–water partition coefficient (Wildman–Crippen LogP) is 4.19. The Kier molecular flexibility index (Phi) is 4.28. The van der Waals surface area contributed by atoms with E-state index in [2.05, 4.69) is 22.2 Å². The summed E-state index contributed by atoms with van der Waals surface area (Å²) >= 11 is 7.57. The number of carbonyl (C=O) groups excluding carboxylic acids is 1. The Bertz CT molecular complexity index is 630. The molecule has 1 heterocycles. The molecule has 0 aromatic carbocycles. The number of nitrogens with zero attached hydrogens (tertiary/aromatic N) is 2. The number of hydrogen-bond acceptors (Lipinski definition) is 4.